The highest BCUT2D eigenvalue weighted by atomic mass is 15.0. The van der Waals surface area contributed by atoms with Crippen LogP contribution in [0.5, 0.6) is 0 Å². The molecule has 2 N–H and O–H groups in total. The van der Waals surface area contributed by atoms with Crippen molar-refractivity contribution in [3.05, 3.63) is 17.2 Å². The van der Waals surface area contributed by atoms with Gasteiger partial charge >= 0.3 is 0 Å². The van der Waals surface area contributed by atoms with Gasteiger partial charge in [-0.3, -0.25) is 0 Å². The van der Waals surface area contributed by atoms with Gasteiger partial charge < -0.3 is 10.3 Å². The predicted molar refractivity (Wildman–Crippen MR) is 64.0 cm³/mol. The molecule has 0 aliphatic carbocycles. The first-order valence-electron chi connectivity index (χ1n) is 6.09. The average Bonchev–Trinajstić information content (AvgIpc) is 2.62. The number of nitrogens with one attached hydrogen (secondary N) is 2. The normalized spacial score (nSPS) is 10.9. The van der Waals surface area contributed by atoms with Crippen molar-refractivity contribution in [1.29, 1.82) is 0 Å². The number of aryl methyl sites for hydroxylation is 2. The molecule has 0 aliphatic rings. The molecule has 86 valence electrons. The van der Waals surface area contributed by atoms with Gasteiger partial charge in [-0.15, -0.1) is 0 Å². The van der Waals surface area contributed by atoms with Crippen molar-refractivity contribution in [2.45, 2.75) is 53.0 Å². The molecule has 0 fully saturated rings. The Balaban J connectivity index is 2.57. The van der Waals surface area contributed by atoms with Crippen molar-refractivity contribution in [2.24, 2.45) is 0 Å². The molecule has 1 rings (SSSR count). The van der Waals surface area contributed by atoms with Crippen LogP contribution < -0.4 is 5.32 Å². The zero-order valence-electron chi connectivity index (χ0n) is 10.2. The second kappa shape index (κ2) is 6.62. The number of rotatable bonds is 7. The Hall–Kier alpha value is -0.830. The van der Waals surface area contributed by atoms with Crippen molar-refractivity contribution in [3.63, 3.8) is 0 Å². The largest absolute Gasteiger partial charge is 0.345 e. The molecule has 0 atom stereocenters. The Morgan fingerprint density at radius 1 is 1.20 bits per heavy atom. The van der Waals surface area contributed by atoms with E-state index in [4.69, 9.17) is 0 Å². The van der Waals surface area contributed by atoms with Crippen LogP contribution in [0.1, 0.15) is 50.8 Å². The lowest BCUT2D eigenvalue weighted by Gasteiger charge is -1.98. The van der Waals surface area contributed by atoms with Gasteiger partial charge in [0.15, 0.2) is 0 Å². The van der Waals surface area contributed by atoms with E-state index < -0.39 is 0 Å². The molecule has 0 bridgehead atoms. The fourth-order valence-electron chi connectivity index (χ4n) is 1.72. The maximum absolute atomic E-state index is 4.60. The molecule has 15 heavy (non-hydrogen) atoms. The first-order valence-corrected chi connectivity index (χ1v) is 6.09. The summed E-state index contributed by atoms with van der Waals surface area (Å²) in [7, 11) is 0. The Labute approximate surface area is 92.7 Å². The van der Waals surface area contributed by atoms with Crippen molar-refractivity contribution in [2.75, 3.05) is 6.54 Å². The molecular weight excluding hydrogens is 186 g/mol. The molecule has 0 saturated heterocycles. The lowest BCUT2D eigenvalue weighted by molar-refractivity contribution is 0.653. The number of aromatic nitrogens is 2. The average molecular weight is 209 g/mol. The van der Waals surface area contributed by atoms with Crippen LogP contribution in [-0.2, 0) is 19.4 Å². The molecule has 0 saturated carbocycles. The molecule has 1 heterocycles. The summed E-state index contributed by atoms with van der Waals surface area (Å²) in [4.78, 5) is 8.02. The third-order valence-electron chi connectivity index (χ3n) is 2.47. The number of aromatic amines is 1. The second-order valence-electron chi connectivity index (χ2n) is 3.89. The highest BCUT2D eigenvalue weighted by Gasteiger charge is 2.06. The van der Waals surface area contributed by atoms with E-state index in [-0.39, 0.29) is 0 Å². The summed E-state index contributed by atoms with van der Waals surface area (Å²) in [6, 6.07) is 0. The standard InChI is InChI=1S/C12H23N3/c1-4-7-11-10(6-3)14-12(15-11)9-13-8-5-2/h13H,4-9H2,1-3H3,(H,14,15). The highest BCUT2D eigenvalue weighted by molar-refractivity contribution is 5.15. The fourth-order valence-corrected chi connectivity index (χ4v) is 1.72. The van der Waals surface area contributed by atoms with Crippen molar-refractivity contribution >= 4 is 0 Å². The topological polar surface area (TPSA) is 40.7 Å². The van der Waals surface area contributed by atoms with Crippen LogP contribution in [0, 0.1) is 0 Å². The molecule has 0 spiro atoms. The fraction of sp³-hybridized carbons (Fsp3) is 0.750. The van der Waals surface area contributed by atoms with Gasteiger partial charge in [-0.1, -0.05) is 27.2 Å². The van der Waals surface area contributed by atoms with Crippen molar-refractivity contribution in [1.82, 2.24) is 15.3 Å². The minimum atomic E-state index is 0.866. The molecule has 0 radical (unpaired) electrons. The number of nitrogens with zero attached hydrogens (tertiary/aromatic N) is 1. The molecule has 3 heteroatoms. The summed E-state index contributed by atoms with van der Waals surface area (Å²) in [5, 5.41) is 3.36. The van der Waals surface area contributed by atoms with Gasteiger partial charge in [-0.05, 0) is 25.8 Å². The molecule has 3 nitrogen and oxygen atoms in total. The van der Waals surface area contributed by atoms with E-state index in [1.807, 2.05) is 0 Å². The Morgan fingerprint density at radius 3 is 2.60 bits per heavy atom. The molecular formula is C12H23N3. The van der Waals surface area contributed by atoms with E-state index in [2.05, 4.69) is 36.1 Å². The number of hydrogen-bond acceptors (Lipinski definition) is 2. The maximum atomic E-state index is 4.60. The van der Waals surface area contributed by atoms with Crippen molar-refractivity contribution < 1.29 is 0 Å². The lowest BCUT2D eigenvalue weighted by Crippen LogP contribution is -2.14. The van der Waals surface area contributed by atoms with Crippen LogP contribution in [0.25, 0.3) is 0 Å². The van der Waals surface area contributed by atoms with Gasteiger partial charge in [0.25, 0.3) is 0 Å². The summed E-state index contributed by atoms with van der Waals surface area (Å²) >= 11 is 0. The molecule has 0 aliphatic heterocycles. The van der Waals surface area contributed by atoms with Gasteiger partial charge in [0.1, 0.15) is 5.82 Å². The van der Waals surface area contributed by atoms with E-state index in [0.717, 1.165) is 31.8 Å². The number of hydrogen-bond donors (Lipinski definition) is 2. The molecule has 0 unspecified atom stereocenters. The summed E-state index contributed by atoms with van der Waals surface area (Å²) < 4.78 is 0. The van der Waals surface area contributed by atoms with Crippen LogP contribution in [0.4, 0.5) is 0 Å². The monoisotopic (exact) mass is 209 g/mol. The molecule has 1 aromatic rings. The Bertz CT molecular complexity index is 278. The van der Waals surface area contributed by atoms with Gasteiger partial charge in [0, 0.05) is 5.69 Å². The Kier molecular flexibility index (Phi) is 5.40. The Morgan fingerprint density at radius 2 is 2.00 bits per heavy atom. The van der Waals surface area contributed by atoms with Crippen LogP contribution in [0.15, 0.2) is 0 Å². The van der Waals surface area contributed by atoms with Crippen LogP contribution in [-0.4, -0.2) is 16.5 Å². The second-order valence-corrected chi connectivity index (χ2v) is 3.89. The third kappa shape index (κ3) is 3.67. The van der Waals surface area contributed by atoms with E-state index >= 15 is 0 Å². The van der Waals surface area contributed by atoms with Crippen molar-refractivity contribution in [3.8, 4) is 0 Å². The van der Waals surface area contributed by atoms with E-state index in [0.29, 0.717) is 0 Å². The first-order chi connectivity index (χ1) is 7.31. The van der Waals surface area contributed by atoms with E-state index in [9.17, 15) is 0 Å². The van der Waals surface area contributed by atoms with Crippen LogP contribution in [0.3, 0.4) is 0 Å². The van der Waals surface area contributed by atoms with Crippen LogP contribution >= 0.6 is 0 Å². The third-order valence-corrected chi connectivity index (χ3v) is 2.47. The van der Waals surface area contributed by atoms with Gasteiger partial charge in [0.05, 0.1) is 12.2 Å². The predicted octanol–water partition coefficient (Wildman–Crippen LogP) is 2.42. The summed E-state index contributed by atoms with van der Waals surface area (Å²) in [6.07, 6.45) is 4.49. The van der Waals surface area contributed by atoms with Gasteiger partial charge in [0.2, 0.25) is 0 Å². The van der Waals surface area contributed by atoms with E-state index in [1.54, 1.807) is 0 Å². The zero-order valence-corrected chi connectivity index (χ0v) is 10.2. The van der Waals surface area contributed by atoms with E-state index in [1.165, 1.54) is 24.2 Å². The zero-order chi connectivity index (χ0) is 11.1. The summed E-state index contributed by atoms with van der Waals surface area (Å²) in [5.41, 5.74) is 2.57. The smallest absolute Gasteiger partial charge is 0.120 e. The summed E-state index contributed by atoms with van der Waals surface area (Å²) in [6.45, 7) is 8.47. The molecule has 1 aromatic heterocycles. The minimum Gasteiger partial charge on any atom is -0.345 e. The number of imidazole rings is 1. The SMILES string of the molecule is CCCNCc1nc(CC)c(CCC)[nH]1. The van der Waals surface area contributed by atoms with Crippen LogP contribution in [0.2, 0.25) is 0 Å². The summed E-state index contributed by atoms with van der Waals surface area (Å²) in [5.74, 6) is 1.09. The molecule has 0 aromatic carbocycles. The quantitative estimate of drug-likeness (QED) is 0.677. The minimum absolute atomic E-state index is 0.866. The molecule has 0 amide bonds. The van der Waals surface area contributed by atoms with Gasteiger partial charge in [-0.25, -0.2) is 4.98 Å². The van der Waals surface area contributed by atoms with Gasteiger partial charge in [-0.2, -0.15) is 0 Å². The lowest BCUT2D eigenvalue weighted by atomic mass is 10.2. The maximum Gasteiger partial charge on any atom is 0.120 e. The first kappa shape index (κ1) is 12.2. The number of H-pyrrole nitrogens is 1. The highest BCUT2D eigenvalue weighted by Crippen LogP contribution is 2.09.